The molecule has 1 unspecified atom stereocenters. The molecule has 7 heteroatoms. The fourth-order valence-electron chi connectivity index (χ4n) is 3.59. The lowest BCUT2D eigenvalue weighted by atomic mass is 9.90. The summed E-state index contributed by atoms with van der Waals surface area (Å²) in [5.41, 5.74) is 3.30. The van der Waals surface area contributed by atoms with E-state index in [9.17, 15) is 14.0 Å². The standard InChI is InChI=1S/C23H22FN3O3/c1-15(23(29)25-20-8-4-6-16-5-2-3-7-19(16)20)30-21-13-14-22(28)27(26-21)18-11-9-17(24)10-12-18/h4,6,8-15H,2-3,5,7H2,1H3,(H,25,29). The molecule has 0 saturated heterocycles. The van der Waals surface area contributed by atoms with Crippen LogP contribution in [0.1, 0.15) is 30.9 Å². The summed E-state index contributed by atoms with van der Waals surface area (Å²) in [5.74, 6) is -0.584. The van der Waals surface area contributed by atoms with E-state index in [0.717, 1.165) is 29.6 Å². The quantitative estimate of drug-likeness (QED) is 0.701. The first-order chi connectivity index (χ1) is 14.5. The molecule has 1 aliphatic carbocycles. The number of anilines is 1. The normalized spacial score (nSPS) is 13.9. The van der Waals surface area contributed by atoms with E-state index < -0.39 is 11.9 Å². The number of aromatic nitrogens is 2. The number of ether oxygens (including phenoxy) is 1. The van der Waals surface area contributed by atoms with Gasteiger partial charge in [-0.05, 0) is 74.1 Å². The molecule has 0 spiro atoms. The Labute approximate surface area is 173 Å². The Balaban J connectivity index is 1.49. The number of aryl methyl sites for hydroxylation is 1. The molecule has 0 saturated carbocycles. The van der Waals surface area contributed by atoms with Crippen molar-refractivity contribution in [3.8, 4) is 11.6 Å². The van der Waals surface area contributed by atoms with Gasteiger partial charge in [-0.15, -0.1) is 5.10 Å². The molecule has 1 atom stereocenters. The Bertz CT molecular complexity index is 1130. The van der Waals surface area contributed by atoms with Gasteiger partial charge in [0.2, 0.25) is 5.88 Å². The van der Waals surface area contributed by atoms with E-state index in [4.69, 9.17) is 4.74 Å². The molecular weight excluding hydrogens is 385 g/mol. The molecule has 1 N–H and O–H groups in total. The van der Waals surface area contributed by atoms with Gasteiger partial charge in [0.1, 0.15) is 5.82 Å². The molecule has 0 aliphatic heterocycles. The van der Waals surface area contributed by atoms with E-state index in [1.165, 1.54) is 53.9 Å². The summed E-state index contributed by atoms with van der Waals surface area (Å²) in [6.45, 7) is 1.62. The number of fused-ring (bicyclic) bond motifs is 1. The lowest BCUT2D eigenvalue weighted by Gasteiger charge is -2.21. The maximum atomic E-state index is 13.2. The maximum Gasteiger partial charge on any atom is 0.271 e. The summed E-state index contributed by atoms with van der Waals surface area (Å²) in [7, 11) is 0. The number of nitrogens with one attached hydrogen (secondary N) is 1. The Morgan fingerprint density at radius 1 is 1.10 bits per heavy atom. The summed E-state index contributed by atoms with van der Waals surface area (Å²) in [6, 6.07) is 14.0. The van der Waals surface area contributed by atoms with Crippen LogP contribution < -0.4 is 15.6 Å². The highest BCUT2D eigenvalue weighted by Crippen LogP contribution is 2.28. The SMILES string of the molecule is CC(Oc1ccc(=O)n(-c2ccc(F)cc2)n1)C(=O)Nc1cccc2c1CCCC2. The molecule has 4 rings (SSSR count). The van der Waals surface area contributed by atoms with Gasteiger partial charge in [0.25, 0.3) is 11.5 Å². The molecule has 1 heterocycles. The van der Waals surface area contributed by atoms with Gasteiger partial charge in [-0.1, -0.05) is 12.1 Å². The van der Waals surface area contributed by atoms with E-state index in [2.05, 4.69) is 16.5 Å². The Hall–Kier alpha value is -3.48. The summed E-state index contributed by atoms with van der Waals surface area (Å²) < 4.78 is 19.9. The zero-order valence-corrected chi connectivity index (χ0v) is 16.6. The van der Waals surface area contributed by atoms with E-state index in [-0.39, 0.29) is 17.3 Å². The van der Waals surface area contributed by atoms with Gasteiger partial charge in [0.05, 0.1) is 5.69 Å². The number of halogens is 1. The fourth-order valence-corrected chi connectivity index (χ4v) is 3.59. The van der Waals surface area contributed by atoms with Crippen LogP contribution in [0.15, 0.2) is 59.4 Å². The van der Waals surface area contributed by atoms with Gasteiger partial charge >= 0.3 is 0 Å². The van der Waals surface area contributed by atoms with Crippen molar-refractivity contribution in [3.63, 3.8) is 0 Å². The van der Waals surface area contributed by atoms with E-state index >= 15 is 0 Å². The molecule has 154 valence electrons. The first-order valence-electron chi connectivity index (χ1n) is 9.96. The van der Waals surface area contributed by atoms with Gasteiger partial charge in [-0.3, -0.25) is 9.59 Å². The summed E-state index contributed by atoms with van der Waals surface area (Å²) in [6.07, 6.45) is 3.43. The largest absolute Gasteiger partial charge is 0.463 e. The van der Waals surface area contributed by atoms with E-state index in [1.54, 1.807) is 6.92 Å². The predicted octanol–water partition coefficient (Wildman–Crippen LogP) is 3.66. The highest BCUT2D eigenvalue weighted by atomic mass is 19.1. The van der Waals surface area contributed by atoms with Crippen LogP contribution in [0, 0.1) is 5.82 Å². The Morgan fingerprint density at radius 2 is 1.87 bits per heavy atom. The first-order valence-corrected chi connectivity index (χ1v) is 9.96. The van der Waals surface area contributed by atoms with Crippen molar-refractivity contribution in [2.24, 2.45) is 0 Å². The van der Waals surface area contributed by atoms with Crippen LogP contribution in [-0.2, 0) is 17.6 Å². The number of hydrogen-bond donors (Lipinski definition) is 1. The fraction of sp³-hybridized carbons (Fsp3) is 0.261. The van der Waals surface area contributed by atoms with Gasteiger partial charge in [-0.25, -0.2) is 4.39 Å². The number of hydrogen-bond acceptors (Lipinski definition) is 4. The van der Waals surface area contributed by atoms with Crippen LogP contribution in [0.3, 0.4) is 0 Å². The van der Waals surface area contributed by atoms with Crippen LogP contribution >= 0.6 is 0 Å². The third-order valence-corrected chi connectivity index (χ3v) is 5.17. The van der Waals surface area contributed by atoms with Crippen molar-refractivity contribution in [2.75, 3.05) is 5.32 Å². The number of carbonyl (C=O) groups excluding carboxylic acids is 1. The third kappa shape index (κ3) is 4.25. The van der Waals surface area contributed by atoms with Gasteiger partial charge in [0.15, 0.2) is 6.10 Å². The molecule has 0 bridgehead atoms. The van der Waals surface area contributed by atoms with Gasteiger partial charge in [-0.2, -0.15) is 4.68 Å². The zero-order chi connectivity index (χ0) is 21.1. The molecular formula is C23H22FN3O3. The Morgan fingerprint density at radius 3 is 2.67 bits per heavy atom. The minimum Gasteiger partial charge on any atom is -0.463 e. The Kier molecular flexibility index (Phi) is 5.61. The topological polar surface area (TPSA) is 73.2 Å². The van der Waals surface area contributed by atoms with Crippen LogP contribution in [0.4, 0.5) is 10.1 Å². The summed E-state index contributed by atoms with van der Waals surface area (Å²) >= 11 is 0. The maximum absolute atomic E-state index is 13.2. The van der Waals surface area contributed by atoms with E-state index in [0.29, 0.717) is 5.69 Å². The molecule has 1 amide bonds. The minimum atomic E-state index is -0.823. The summed E-state index contributed by atoms with van der Waals surface area (Å²) in [5, 5.41) is 7.10. The first kappa shape index (κ1) is 19.8. The van der Waals surface area contributed by atoms with E-state index in [1.807, 2.05) is 12.1 Å². The molecule has 2 aromatic carbocycles. The highest BCUT2D eigenvalue weighted by molar-refractivity contribution is 5.95. The number of carbonyl (C=O) groups is 1. The van der Waals surface area contributed by atoms with Crippen LogP contribution in [-0.4, -0.2) is 21.8 Å². The lowest BCUT2D eigenvalue weighted by Crippen LogP contribution is -2.32. The molecule has 0 fully saturated rings. The van der Waals surface area contributed by atoms with Crippen LogP contribution in [0.25, 0.3) is 5.69 Å². The number of amides is 1. The molecule has 0 radical (unpaired) electrons. The average molecular weight is 407 g/mol. The minimum absolute atomic E-state index is 0.122. The van der Waals surface area contributed by atoms with Crippen molar-refractivity contribution in [1.82, 2.24) is 9.78 Å². The second-order valence-electron chi connectivity index (χ2n) is 7.30. The molecule has 6 nitrogen and oxygen atoms in total. The summed E-state index contributed by atoms with van der Waals surface area (Å²) in [4.78, 5) is 24.8. The molecule has 1 aromatic heterocycles. The van der Waals surface area contributed by atoms with Crippen molar-refractivity contribution in [3.05, 3.63) is 81.9 Å². The molecule has 30 heavy (non-hydrogen) atoms. The van der Waals surface area contributed by atoms with Crippen molar-refractivity contribution < 1.29 is 13.9 Å². The van der Waals surface area contributed by atoms with Crippen molar-refractivity contribution >= 4 is 11.6 Å². The average Bonchev–Trinajstić information content (AvgIpc) is 2.76. The zero-order valence-electron chi connectivity index (χ0n) is 16.6. The van der Waals surface area contributed by atoms with Crippen molar-refractivity contribution in [1.29, 1.82) is 0 Å². The molecule has 3 aromatic rings. The number of benzene rings is 2. The lowest BCUT2D eigenvalue weighted by molar-refractivity contribution is -0.122. The highest BCUT2D eigenvalue weighted by Gasteiger charge is 2.19. The second-order valence-corrected chi connectivity index (χ2v) is 7.30. The molecule has 1 aliphatic rings. The van der Waals surface area contributed by atoms with Crippen molar-refractivity contribution in [2.45, 2.75) is 38.7 Å². The van der Waals surface area contributed by atoms with Crippen LogP contribution in [0.2, 0.25) is 0 Å². The number of rotatable bonds is 5. The predicted molar refractivity (Wildman–Crippen MR) is 112 cm³/mol. The van der Waals surface area contributed by atoms with Crippen LogP contribution in [0.5, 0.6) is 5.88 Å². The monoisotopic (exact) mass is 407 g/mol. The van der Waals surface area contributed by atoms with Gasteiger partial charge in [0, 0.05) is 17.8 Å². The number of nitrogens with zero attached hydrogens (tertiary/aromatic N) is 2. The van der Waals surface area contributed by atoms with Gasteiger partial charge < -0.3 is 10.1 Å². The second kappa shape index (κ2) is 8.49. The third-order valence-electron chi connectivity index (χ3n) is 5.17. The smallest absolute Gasteiger partial charge is 0.271 e.